The third kappa shape index (κ3) is 2.11. The predicted molar refractivity (Wildman–Crippen MR) is 65.2 cm³/mol. The summed E-state index contributed by atoms with van der Waals surface area (Å²) in [4.78, 5) is 8.10. The van der Waals surface area contributed by atoms with E-state index in [1.54, 1.807) is 0 Å². The van der Waals surface area contributed by atoms with Gasteiger partial charge >= 0.3 is 0 Å². The maximum Gasteiger partial charge on any atom is 0.148 e. The molecule has 82 valence electrons. The molecule has 0 atom stereocenters. The highest BCUT2D eigenvalue weighted by atomic mass is 79.9. The fourth-order valence-corrected chi connectivity index (χ4v) is 2.09. The molecular formula is C10H13BrClN3. The van der Waals surface area contributed by atoms with Crippen LogP contribution in [0.2, 0.25) is 5.15 Å². The first-order valence-electron chi connectivity index (χ1n) is 4.99. The molecule has 0 amide bonds. The highest BCUT2D eigenvalue weighted by Crippen LogP contribution is 2.45. The van der Waals surface area contributed by atoms with Crippen LogP contribution in [0.4, 0.5) is 5.82 Å². The first-order valence-corrected chi connectivity index (χ1v) is 6.16. The van der Waals surface area contributed by atoms with Crippen LogP contribution in [-0.2, 0) is 0 Å². The van der Waals surface area contributed by atoms with E-state index in [0.29, 0.717) is 11.1 Å². The average Bonchev–Trinajstić information content (AvgIpc) is 2.94. The van der Waals surface area contributed by atoms with Crippen molar-refractivity contribution in [1.82, 2.24) is 9.97 Å². The number of aromatic nitrogens is 2. The maximum atomic E-state index is 5.90. The van der Waals surface area contributed by atoms with Gasteiger partial charge in [-0.05, 0) is 34.7 Å². The molecule has 3 nitrogen and oxygen atoms in total. The summed E-state index contributed by atoms with van der Waals surface area (Å²) in [6.45, 7) is 4.44. The van der Waals surface area contributed by atoms with E-state index in [9.17, 15) is 0 Å². The van der Waals surface area contributed by atoms with Gasteiger partial charge in [0.15, 0.2) is 0 Å². The third-order valence-corrected chi connectivity index (χ3v) is 4.27. The van der Waals surface area contributed by atoms with Gasteiger partial charge in [-0.3, -0.25) is 0 Å². The Bertz CT molecular complexity index is 377. The van der Waals surface area contributed by atoms with Crippen LogP contribution in [-0.4, -0.2) is 15.5 Å². The molecule has 1 heterocycles. The van der Waals surface area contributed by atoms with Gasteiger partial charge in [-0.25, -0.2) is 9.97 Å². The zero-order valence-electron chi connectivity index (χ0n) is 8.72. The number of anilines is 1. The molecule has 0 aliphatic heterocycles. The van der Waals surface area contributed by atoms with Crippen LogP contribution in [0, 0.1) is 5.92 Å². The van der Waals surface area contributed by atoms with Crippen molar-refractivity contribution in [3.63, 3.8) is 0 Å². The number of hydrogen-bond donors (Lipinski definition) is 1. The topological polar surface area (TPSA) is 37.8 Å². The number of nitrogens with one attached hydrogen (secondary N) is 1. The summed E-state index contributed by atoms with van der Waals surface area (Å²) in [6, 6.07) is 0. The fraction of sp³-hybridized carbons (Fsp3) is 0.600. The Morgan fingerprint density at radius 2 is 2.13 bits per heavy atom. The second kappa shape index (κ2) is 3.91. The minimum atomic E-state index is 0.209. The molecule has 1 aromatic rings. The molecule has 1 aliphatic carbocycles. The smallest absolute Gasteiger partial charge is 0.148 e. The maximum absolute atomic E-state index is 5.90. The van der Waals surface area contributed by atoms with E-state index in [0.717, 1.165) is 10.3 Å². The number of rotatable bonds is 3. The monoisotopic (exact) mass is 289 g/mol. The van der Waals surface area contributed by atoms with Crippen molar-refractivity contribution in [3.05, 3.63) is 16.0 Å². The predicted octanol–water partition coefficient (Wildman–Crippen LogP) is 3.49. The normalized spacial score (nSPS) is 17.9. The van der Waals surface area contributed by atoms with Gasteiger partial charge in [-0.15, -0.1) is 0 Å². The molecule has 1 aromatic heterocycles. The molecule has 1 N–H and O–H groups in total. The first-order chi connectivity index (χ1) is 7.05. The Morgan fingerprint density at radius 3 is 2.67 bits per heavy atom. The van der Waals surface area contributed by atoms with Gasteiger partial charge < -0.3 is 5.32 Å². The number of halogens is 2. The van der Waals surface area contributed by atoms with Crippen molar-refractivity contribution in [2.24, 2.45) is 5.92 Å². The Balaban J connectivity index is 2.22. The second-order valence-corrected chi connectivity index (χ2v) is 5.41. The molecule has 15 heavy (non-hydrogen) atoms. The lowest BCUT2D eigenvalue weighted by atomic mass is 10.0. The van der Waals surface area contributed by atoms with Crippen molar-refractivity contribution in [2.75, 3.05) is 5.32 Å². The zero-order valence-corrected chi connectivity index (χ0v) is 11.1. The van der Waals surface area contributed by atoms with E-state index in [1.165, 1.54) is 19.2 Å². The van der Waals surface area contributed by atoms with Gasteiger partial charge in [0.25, 0.3) is 0 Å². The fourth-order valence-electron chi connectivity index (χ4n) is 1.65. The third-order valence-electron chi connectivity index (χ3n) is 3.01. The van der Waals surface area contributed by atoms with Crippen LogP contribution in [0.1, 0.15) is 26.7 Å². The average molecular weight is 291 g/mol. The van der Waals surface area contributed by atoms with Gasteiger partial charge in [0.05, 0.1) is 4.47 Å². The van der Waals surface area contributed by atoms with Gasteiger partial charge in [-0.1, -0.05) is 25.4 Å². The van der Waals surface area contributed by atoms with Gasteiger partial charge in [0.2, 0.25) is 0 Å². The summed E-state index contributed by atoms with van der Waals surface area (Å²) in [6.07, 6.45) is 3.86. The van der Waals surface area contributed by atoms with Gasteiger partial charge in [0, 0.05) is 5.54 Å². The molecule has 5 heteroatoms. The van der Waals surface area contributed by atoms with Crippen molar-refractivity contribution in [2.45, 2.75) is 32.2 Å². The number of nitrogens with zero attached hydrogens (tertiary/aromatic N) is 2. The Kier molecular flexibility index (Phi) is 2.90. The summed E-state index contributed by atoms with van der Waals surface area (Å²) < 4.78 is 0.749. The largest absolute Gasteiger partial charge is 0.363 e. The Labute approximate surface area is 103 Å². The van der Waals surface area contributed by atoms with E-state index in [4.69, 9.17) is 11.6 Å². The number of hydrogen-bond acceptors (Lipinski definition) is 3. The summed E-state index contributed by atoms with van der Waals surface area (Å²) >= 11 is 9.29. The molecule has 0 bridgehead atoms. The molecule has 1 aliphatic rings. The molecule has 2 rings (SSSR count). The SMILES string of the molecule is CC(C)C1(Nc2ncnc(Cl)c2Br)CC1. The van der Waals surface area contributed by atoms with E-state index < -0.39 is 0 Å². The summed E-state index contributed by atoms with van der Waals surface area (Å²) in [5.74, 6) is 1.39. The van der Waals surface area contributed by atoms with Crippen LogP contribution < -0.4 is 5.32 Å². The Hall–Kier alpha value is -0.350. The molecule has 1 fully saturated rings. The lowest BCUT2D eigenvalue weighted by Crippen LogP contribution is -2.28. The molecule has 0 saturated heterocycles. The standard InChI is InChI=1S/C10H13BrClN3/c1-6(2)10(3-4-10)15-9-7(11)8(12)13-5-14-9/h5-6H,3-4H2,1-2H3,(H,13,14,15). The van der Waals surface area contributed by atoms with Gasteiger partial charge in [0.1, 0.15) is 17.3 Å². The summed E-state index contributed by atoms with van der Waals surface area (Å²) in [5.41, 5.74) is 0.209. The van der Waals surface area contributed by atoms with Crippen LogP contribution in [0.5, 0.6) is 0 Å². The summed E-state index contributed by atoms with van der Waals surface area (Å²) in [7, 11) is 0. The quantitative estimate of drug-likeness (QED) is 0.866. The van der Waals surface area contributed by atoms with Gasteiger partial charge in [-0.2, -0.15) is 0 Å². The van der Waals surface area contributed by atoms with E-state index in [2.05, 4.69) is 45.1 Å². The van der Waals surface area contributed by atoms with Crippen LogP contribution in [0.3, 0.4) is 0 Å². The van der Waals surface area contributed by atoms with E-state index >= 15 is 0 Å². The minimum absolute atomic E-state index is 0.209. The van der Waals surface area contributed by atoms with Crippen molar-refractivity contribution < 1.29 is 0 Å². The molecule has 1 saturated carbocycles. The minimum Gasteiger partial charge on any atom is -0.363 e. The molecule has 0 spiro atoms. The van der Waals surface area contributed by atoms with Crippen LogP contribution in [0.15, 0.2) is 10.8 Å². The van der Waals surface area contributed by atoms with E-state index in [1.807, 2.05) is 0 Å². The highest BCUT2D eigenvalue weighted by molar-refractivity contribution is 9.10. The lowest BCUT2D eigenvalue weighted by molar-refractivity contribution is 0.510. The zero-order chi connectivity index (χ0) is 11.1. The lowest BCUT2D eigenvalue weighted by Gasteiger charge is -2.22. The van der Waals surface area contributed by atoms with E-state index in [-0.39, 0.29) is 5.54 Å². The van der Waals surface area contributed by atoms with Crippen LogP contribution >= 0.6 is 27.5 Å². The van der Waals surface area contributed by atoms with Crippen LogP contribution in [0.25, 0.3) is 0 Å². The Morgan fingerprint density at radius 1 is 1.47 bits per heavy atom. The molecule has 0 aromatic carbocycles. The summed E-state index contributed by atoms with van der Waals surface area (Å²) in [5, 5.41) is 3.91. The second-order valence-electron chi connectivity index (χ2n) is 4.26. The molecule has 0 radical (unpaired) electrons. The van der Waals surface area contributed by atoms with Crippen molar-refractivity contribution in [1.29, 1.82) is 0 Å². The highest BCUT2D eigenvalue weighted by Gasteiger charge is 2.46. The van der Waals surface area contributed by atoms with Crippen molar-refractivity contribution in [3.8, 4) is 0 Å². The molecular weight excluding hydrogens is 277 g/mol. The van der Waals surface area contributed by atoms with Crippen molar-refractivity contribution >= 4 is 33.3 Å². The molecule has 0 unspecified atom stereocenters. The first kappa shape index (κ1) is 11.1.